The van der Waals surface area contributed by atoms with Crippen LogP contribution in [0, 0.1) is 29.6 Å². The van der Waals surface area contributed by atoms with Crippen LogP contribution >= 0.6 is 0 Å². The number of hydrogen-bond acceptors (Lipinski definition) is 15. The summed E-state index contributed by atoms with van der Waals surface area (Å²) in [6.45, 7) is 11.6. The molecule has 2 aromatic heterocycles. The lowest BCUT2D eigenvalue weighted by molar-refractivity contribution is -0.142. The van der Waals surface area contributed by atoms with E-state index in [9.17, 15) is 19.2 Å². The molecular formula is C50H69N15O6. The largest absolute Gasteiger partial charge is 0.363 e. The molecule has 0 aliphatic carbocycles. The lowest BCUT2D eigenvalue weighted by Crippen LogP contribution is -2.58. The zero-order chi connectivity index (χ0) is 50.9. The summed E-state index contributed by atoms with van der Waals surface area (Å²) < 4.78 is 15.5. The molecule has 0 bridgehead atoms. The molecule has 2 aliphatic heterocycles. The highest BCUT2D eigenvalue weighted by atomic mass is 16.5. The Morgan fingerprint density at radius 1 is 0.662 bits per heavy atom. The average molecular weight is 976 g/mol. The standard InChI is InChI=1S/C50H69N15O6/c1-35(2)45(66)52-43(47(68)62-27-19-25-41(62)33-64-49(54-56-58-64)60(7)31-39-21-13-11-14-22-39)37(4)70-29-17-9-10-18-30-71-38(5)44(53-46(67)36(3)51-6)48(69)63-28-20-26-42(63)34-65-50(55-57-59-65)61(8)32-40-23-15-12-16-24-40/h11-16,21-24,35-38,41-44,51H,19-20,25-34H2,1-8H3,(H,52,66)(H,53,67)/t36-,37+,38?,41-,42-,43-,44-/m0/s1. The maximum Gasteiger partial charge on any atom is 0.248 e. The molecule has 71 heavy (non-hydrogen) atoms. The summed E-state index contributed by atoms with van der Waals surface area (Å²) in [6, 6.07) is 17.1. The molecule has 21 heteroatoms. The van der Waals surface area contributed by atoms with Crippen molar-refractivity contribution in [2.45, 2.75) is 129 Å². The highest BCUT2D eigenvalue weighted by Gasteiger charge is 2.40. The first kappa shape index (κ1) is 53.4. The van der Waals surface area contributed by atoms with Crippen LogP contribution in [0.4, 0.5) is 11.9 Å². The Morgan fingerprint density at radius 3 is 1.49 bits per heavy atom. The van der Waals surface area contributed by atoms with Gasteiger partial charge < -0.3 is 45.0 Å². The van der Waals surface area contributed by atoms with Crippen molar-refractivity contribution >= 4 is 35.5 Å². The van der Waals surface area contributed by atoms with E-state index < -0.39 is 30.3 Å². The monoisotopic (exact) mass is 976 g/mol. The molecule has 6 rings (SSSR count). The number of anilines is 2. The fourth-order valence-corrected chi connectivity index (χ4v) is 8.62. The minimum Gasteiger partial charge on any atom is -0.363 e. The second kappa shape index (κ2) is 26.3. The summed E-state index contributed by atoms with van der Waals surface area (Å²) >= 11 is 0. The van der Waals surface area contributed by atoms with Crippen molar-refractivity contribution in [2.75, 3.05) is 57.2 Å². The zero-order valence-corrected chi connectivity index (χ0v) is 42.2. The third kappa shape index (κ3) is 14.8. The molecule has 2 saturated heterocycles. The predicted molar refractivity (Wildman–Crippen MR) is 266 cm³/mol. The van der Waals surface area contributed by atoms with Gasteiger partial charge in [0.05, 0.1) is 43.4 Å². The molecule has 1 unspecified atom stereocenters. The fourth-order valence-electron chi connectivity index (χ4n) is 8.62. The zero-order valence-electron chi connectivity index (χ0n) is 42.2. The summed E-state index contributed by atoms with van der Waals surface area (Å²) in [4.78, 5) is 62.3. The lowest BCUT2D eigenvalue weighted by atomic mass is 10.1. The van der Waals surface area contributed by atoms with E-state index in [1.54, 1.807) is 60.8 Å². The van der Waals surface area contributed by atoms with Crippen molar-refractivity contribution < 1.29 is 28.7 Å². The van der Waals surface area contributed by atoms with Crippen LogP contribution in [0.25, 0.3) is 0 Å². The molecule has 4 amide bonds. The molecule has 2 fully saturated rings. The Balaban J connectivity index is 1.03. The van der Waals surface area contributed by atoms with Crippen LogP contribution in [0.15, 0.2) is 60.7 Å². The number of carbonyl (C=O) groups excluding carboxylic acids is 4. The predicted octanol–water partition coefficient (Wildman–Crippen LogP) is 1.67. The van der Waals surface area contributed by atoms with Crippen molar-refractivity contribution in [3.8, 4) is 23.7 Å². The second-order valence-corrected chi connectivity index (χ2v) is 18.4. The number of ether oxygens (including phenoxy) is 2. The van der Waals surface area contributed by atoms with Gasteiger partial charge in [0.2, 0.25) is 35.5 Å². The van der Waals surface area contributed by atoms with Crippen LogP contribution in [-0.2, 0) is 54.8 Å². The first-order chi connectivity index (χ1) is 34.2. The van der Waals surface area contributed by atoms with E-state index in [4.69, 9.17) is 9.47 Å². The van der Waals surface area contributed by atoms with Crippen LogP contribution in [0.3, 0.4) is 0 Å². The van der Waals surface area contributed by atoms with Crippen molar-refractivity contribution in [1.29, 1.82) is 0 Å². The highest BCUT2D eigenvalue weighted by Crippen LogP contribution is 2.25. The molecule has 2 aliphatic rings. The van der Waals surface area contributed by atoms with Gasteiger partial charge in [-0.1, -0.05) is 96.5 Å². The highest BCUT2D eigenvalue weighted by molar-refractivity contribution is 5.90. The van der Waals surface area contributed by atoms with Gasteiger partial charge in [-0.25, -0.2) is 9.36 Å². The molecule has 4 aromatic rings. The van der Waals surface area contributed by atoms with Gasteiger partial charge in [0.1, 0.15) is 25.3 Å². The summed E-state index contributed by atoms with van der Waals surface area (Å²) in [5, 5.41) is 33.7. The van der Waals surface area contributed by atoms with Crippen molar-refractivity contribution in [3.05, 3.63) is 71.8 Å². The Morgan fingerprint density at radius 2 is 1.08 bits per heavy atom. The number of tetrazole rings is 2. The maximum absolute atomic E-state index is 14.3. The number of nitrogens with zero attached hydrogens (tertiary/aromatic N) is 12. The van der Waals surface area contributed by atoms with Gasteiger partial charge in [0, 0.05) is 46.2 Å². The van der Waals surface area contributed by atoms with Gasteiger partial charge >= 0.3 is 0 Å². The quantitative estimate of drug-likeness (QED) is 0.0900. The van der Waals surface area contributed by atoms with Crippen LogP contribution in [0.1, 0.15) is 71.4 Å². The van der Waals surface area contributed by atoms with E-state index >= 15 is 0 Å². The number of aromatic nitrogens is 8. The summed E-state index contributed by atoms with van der Waals surface area (Å²) in [5.74, 6) is 10.9. The lowest BCUT2D eigenvalue weighted by Gasteiger charge is -2.32. The first-order valence-electron chi connectivity index (χ1n) is 24.4. The minimum absolute atomic E-state index is 0.0572. The number of hydrogen-bond donors (Lipinski definition) is 3. The van der Waals surface area contributed by atoms with Gasteiger partial charge in [-0.05, 0) is 97.3 Å². The Hall–Kier alpha value is -6.94. The fraction of sp³-hybridized carbons (Fsp3) is 0.560. The van der Waals surface area contributed by atoms with Crippen LogP contribution in [-0.4, -0.2) is 164 Å². The molecule has 0 saturated carbocycles. The molecular weight excluding hydrogens is 907 g/mol. The third-order valence-electron chi connectivity index (χ3n) is 12.8. The second-order valence-electron chi connectivity index (χ2n) is 18.4. The molecule has 380 valence electrons. The molecule has 2 aromatic carbocycles. The maximum atomic E-state index is 14.3. The Kier molecular flexibility index (Phi) is 19.8. The third-order valence-corrected chi connectivity index (χ3v) is 12.8. The average Bonchev–Trinajstić information content (AvgIpc) is 4.22. The van der Waals surface area contributed by atoms with Crippen molar-refractivity contribution in [3.63, 3.8) is 0 Å². The number of amides is 4. The number of likely N-dealkylation sites (tertiary alicyclic amines) is 2. The summed E-state index contributed by atoms with van der Waals surface area (Å²) in [6.07, 6.45) is 1.59. The molecule has 0 radical (unpaired) electrons. The Bertz CT molecular complexity index is 2480. The molecule has 7 atom stereocenters. The first-order valence-corrected chi connectivity index (χ1v) is 24.4. The Labute approximate surface area is 416 Å². The van der Waals surface area contributed by atoms with E-state index in [0.717, 1.165) is 36.8 Å². The van der Waals surface area contributed by atoms with E-state index in [1.807, 2.05) is 84.6 Å². The number of carbonyl (C=O) groups is 4. The van der Waals surface area contributed by atoms with Gasteiger partial charge in [0.15, 0.2) is 0 Å². The normalized spacial score (nSPS) is 17.5. The molecule has 0 spiro atoms. The van der Waals surface area contributed by atoms with Gasteiger partial charge in [-0.3, -0.25) is 19.2 Å². The van der Waals surface area contributed by atoms with E-state index in [-0.39, 0.29) is 54.8 Å². The number of rotatable bonds is 23. The molecule has 4 heterocycles. The van der Waals surface area contributed by atoms with E-state index in [2.05, 4.69) is 70.7 Å². The number of likely N-dealkylation sites (N-methyl/N-ethyl adjacent to an activating group) is 1. The SMILES string of the molecule is CN[C@@H](C)C(=O)N[C@H](C(=O)N1CCC[C@H]1Cn1nnnc1N(C)Cc1ccccc1)C(C)OCC#CC#CCO[C@H](C)[C@H](NC(=O)C(C)C)C(=O)N1CCC[C@H]1Cn1nnnc1N(C)Cc1ccccc1. The molecule has 3 N–H and O–H groups in total. The summed E-state index contributed by atoms with van der Waals surface area (Å²) in [7, 11) is 5.52. The van der Waals surface area contributed by atoms with Crippen LogP contribution in [0.5, 0.6) is 0 Å². The number of benzene rings is 2. The van der Waals surface area contributed by atoms with Crippen molar-refractivity contribution in [2.24, 2.45) is 5.92 Å². The van der Waals surface area contributed by atoms with Gasteiger partial charge in [0.25, 0.3) is 0 Å². The minimum atomic E-state index is -0.998. The smallest absolute Gasteiger partial charge is 0.248 e. The van der Waals surface area contributed by atoms with Gasteiger partial charge in [-0.15, -0.1) is 0 Å². The topological polar surface area (TPSA) is 223 Å². The number of nitrogens with one attached hydrogen (secondary N) is 3. The van der Waals surface area contributed by atoms with Gasteiger partial charge in [-0.2, -0.15) is 0 Å². The van der Waals surface area contributed by atoms with Crippen LogP contribution < -0.4 is 25.8 Å². The molecule has 21 nitrogen and oxygen atoms in total. The van der Waals surface area contributed by atoms with E-state index in [0.29, 0.717) is 51.2 Å². The summed E-state index contributed by atoms with van der Waals surface area (Å²) in [5.41, 5.74) is 2.22. The van der Waals surface area contributed by atoms with E-state index in [1.165, 1.54) is 0 Å². The van der Waals surface area contributed by atoms with Crippen molar-refractivity contribution in [1.82, 2.24) is 66.2 Å². The van der Waals surface area contributed by atoms with Crippen LogP contribution in [0.2, 0.25) is 0 Å².